The lowest BCUT2D eigenvalue weighted by atomic mass is 10.2. The summed E-state index contributed by atoms with van der Waals surface area (Å²) in [6.45, 7) is 1.61. The summed E-state index contributed by atoms with van der Waals surface area (Å²) in [5.41, 5.74) is 0. The molecular weight excluding hydrogens is 539 g/mol. The molecule has 0 aliphatic heterocycles. The summed E-state index contributed by atoms with van der Waals surface area (Å²) in [5, 5.41) is 18.7. The van der Waals surface area contributed by atoms with E-state index < -0.39 is 58.4 Å². The normalized spacial score (nSPS) is 15.4. The van der Waals surface area contributed by atoms with Crippen LogP contribution in [0.3, 0.4) is 0 Å². The standard InChI is InChI=1S/C29H47O10P/c1-3-5-7-8-9-10-11-12-13-14-15-16-17-18-19-21-29(33)39-27(23-31)25-37-40(34,35)36-24-26(22-30)38-28(32)20-6-4-2/h5,7,9-10,12-13,15-16,18-19,26-27,30-31H,3-4,6,8,11,14,17,20-25H2,1-2H3,(H,34,35)/b7-5-,10-9-,13-12-,16-15-,19-18-. The topological polar surface area (TPSA) is 149 Å². The van der Waals surface area contributed by atoms with Crippen molar-refractivity contribution in [1.29, 1.82) is 0 Å². The molecule has 0 saturated carbocycles. The molecule has 0 aromatic heterocycles. The highest BCUT2D eigenvalue weighted by atomic mass is 31.2. The minimum absolute atomic E-state index is 0.0428. The number of carbonyl (C=O) groups excluding carboxylic acids is 2. The Labute approximate surface area is 238 Å². The third-order valence-corrected chi connectivity index (χ3v) is 5.98. The lowest BCUT2D eigenvalue weighted by Crippen LogP contribution is -2.28. The van der Waals surface area contributed by atoms with Crippen LogP contribution in [0.25, 0.3) is 0 Å². The number of ether oxygens (including phenoxy) is 2. The first-order valence-corrected chi connectivity index (χ1v) is 15.2. The molecule has 0 amide bonds. The van der Waals surface area contributed by atoms with E-state index in [1.807, 2.05) is 19.1 Å². The van der Waals surface area contributed by atoms with Crippen LogP contribution in [0.1, 0.15) is 71.6 Å². The lowest BCUT2D eigenvalue weighted by molar-refractivity contribution is -0.153. The number of allylic oxidation sites excluding steroid dienone is 9. The molecule has 0 spiro atoms. The van der Waals surface area contributed by atoms with Crippen LogP contribution in [0.15, 0.2) is 60.8 Å². The molecule has 0 aromatic rings. The Kier molecular flexibility index (Phi) is 24.1. The summed E-state index contributed by atoms with van der Waals surface area (Å²) in [7, 11) is -4.63. The molecule has 0 saturated heterocycles. The van der Waals surface area contributed by atoms with E-state index >= 15 is 0 Å². The third kappa shape index (κ3) is 23.5. The highest BCUT2D eigenvalue weighted by Crippen LogP contribution is 2.43. The van der Waals surface area contributed by atoms with Gasteiger partial charge in [0.2, 0.25) is 0 Å². The van der Waals surface area contributed by atoms with Crippen molar-refractivity contribution in [2.24, 2.45) is 0 Å². The molecule has 0 heterocycles. The van der Waals surface area contributed by atoms with Gasteiger partial charge in [0, 0.05) is 6.42 Å². The highest BCUT2D eigenvalue weighted by molar-refractivity contribution is 7.47. The van der Waals surface area contributed by atoms with Crippen LogP contribution in [0.2, 0.25) is 0 Å². The molecule has 11 heteroatoms. The molecule has 3 N–H and O–H groups in total. The fourth-order valence-corrected chi connectivity index (χ4v) is 3.65. The Morgan fingerprint density at radius 3 is 1.55 bits per heavy atom. The van der Waals surface area contributed by atoms with Crippen LogP contribution < -0.4 is 0 Å². The van der Waals surface area contributed by atoms with E-state index in [1.54, 1.807) is 12.2 Å². The van der Waals surface area contributed by atoms with Gasteiger partial charge in [-0.25, -0.2) is 4.57 Å². The Hall–Kier alpha value is -2.33. The van der Waals surface area contributed by atoms with Crippen molar-refractivity contribution in [1.82, 2.24) is 0 Å². The van der Waals surface area contributed by atoms with Crippen LogP contribution in [-0.2, 0) is 32.7 Å². The summed E-state index contributed by atoms with van der Waals surface area (Å²) in [5.74, 6) is -1.20. The van der Waals surface area contributed by atoms with Crippen LogP contribution in [0, 0.1) is 0 Å². The van der Waals surface area contributed by atoms with E-state index in [2.05, 4.69) is 43.4 Å². The number of rotatable bonds is 24. The molecule has 0 fully saturated rings. The minimum Gasteiger partial charge on any atom is -0.457 e. The van der Waals surface area contributed by atoms with Gasteiger partial charge in [-0.2, -0.15) is 0 Å². The van der Waals surface area contributed by atoms with Gasteiger partial charge in [-0.3, -0.25) is 18.6 Å². The number of esters is 2. The van der Waals surface area contributed by atoms with Crippen LogP contribution in [0.5, 0.6) is 0 Å². The van der Waals surface area contributed by atoms with Crippen molar-refractivity contribution in [3.8, 4) is 0 Å². The second kappa shape index (κ2) is 25.6. The molecule has 3 unspecified atom stereocenters. The van der Waals surface area contributed by atoms with E-state index in [1.165, 1.54) is 0 Å². The van der Waals surface area contributed by atoms with Crippen molar-refractivity contribution >= 4 is 19.8 Å². The predicted octanol–water partition coefficient (Wildman–Crippen LogP) is 5.26. The zero-order valence-corrected chi connectivity index (χ0v) is 24.7. The van der Waals surface area contributed by atoms with Crippen molar-refractivity contribution < 1.29 is 47.8 Å². The maximum Gasteiger partial charge on any atom is 0.472 e. The van der Waals surface area contributed by atoms with Crippen LogP contribution in [0.4, 0.5) is 0 Å². The van der Waals surface area contributed by atoms with E-state index in [4.69, 9.17) is 18.5 Å². The van der Waals surface area contributed by atoms with Gasteiger partial charge < -0.3 is 24.6 Å². The smallest absolute Gasteiger partial charge is 0.457 e. The molecule has 0 bridgehead atoms. The second-order valence-electron chi connectivity index (χ2n) is 8.66. The number of unbranched alkanes of at least 4 members (excludes halogenated alkanes) is 1. The molecule has 0 radical (unpaired) electrons. The lowest BCUT2D eigenvalue weighted by Gasteiger charge is -2.20. The summed E-state index contributed by atoms with van der Waals surface area (Å²) in [6, 6.07) is 0. The SMILES string of the molecule is CC/C=C\C/C=C\C/C=C\C/C=C\C/C=C\CC(=O)OC(CO)COP(=O)(O)OCC(CO)OC(=O)CCCC. The molecule has 3 atom stereocenters. The number of phosphoric acid groups is 1. The highest BCUT2D eigenvalue weighted by Gasteiger charge is 2.27. The zero-order chi connectivity index (χ0) is 29.9. The number of phosphoric ester groups is 1. The molecular formula is C29H47O10P. The maximum atomic E-state index is 12.1. The average molecular weight is 587 g/mol. The van der Waals surface area contributed by atoms with Crippen molar-refractivity contribution in [2.75, 3.05) is 26.4 Å². The number of aliphatic hydroxyl groups excluding tert-OH is 2. The molecule has 0 aliphatic rings. The Morgan fingerprint density at radius 2 is 1.12 bits per heavy atom. The number of aliphatic hydroxyl groups is 2. The fourth-order valence-electron chi connectivity index (χ4n) is 2.87. The van der Waals surface area contributed by atoms with Gasteiger partial charge in [0.25, 0.3) is 0 Å². The summed E-state index contributed by atoms with van der Waals surface area (Å²) >= 11 is 0. The summed E-state index contributed by atoms with van der Waals surface area (Å²) in [4.78, 5) is 33.4. The predicted molar refractivity (Wildman–Crippen MR) is 154 cm³/mol. The van der Waals surface area contributed by atoms with E-state index in [9.17, 15) is 29.3 Å². The minimum atomic E-state index is -4.63. The number of carbonyl (C=O) groups is 2. The first-order valence-electron chi connectivity index (χ1n) is 13.7. The maximum absolute atomic E-state index is 12.1. The van der Waals surface area contributed by atoms with Gasteiger partial charge in [-0.1, -0.05) is 81.0 Å². The van der Waals surface area contributed by atoms with E-state index in [-0.39, 0.29) is 12.8 Å². The number of hydrogen-bond donors (Lipinski definition) is 3. The summed E-state index contributed by atoms with van der Waals surface area (Å²) < 4.78 is 31.6. The molecule has 0 aromatic carbocycles. The molecule has 40 heavy (non-hydrogen) atoms. The Bertz CT molecular complexity index is 863. The monoisotopic (exact) mass is 586 g/mol. The Balaban J connectivity index is 4.21. The second-order valence-corrected chi connectivity index (χ2v) is 10.1. The fraction of sp³-hybridized carbons (Fsp3) is 0.586. The van der Waals surface area contributed by atoms with Gasteiger partial charge in [0.05, 0.1) is 32.8 Å². The van der Waals surface area contributed by atoms with E-state index in [0.717, 1.165) is 32.1 Å². The molecule has 0 rings (SSSR count). The molecule has 228 valence electrons. The van der Waals surface area contributed by atoms with Gasteiger partial charge in [0.1, 0.15) is 12.2 Å². The summed E-state index contributed by atoms with van der Waals surface area (Å²) in [6.07, 6.45) is 23.8. The third-order valence-electron chi connectivity index (χ3n) is 5.03. The largest absolute Gasteiger partial charge is 0.472 e. The van der Waals surface area contributed by atoms with Crippen molar-refractivity contribution in [2.45, 2.75) is 83.8 Å². The zero-order valence-electron chi connectivity index (χ0n) is 23.8. The van der Waals surface area contributed by atoms with Gasteiger partial charge in [-0.05, 0) is 38.5 Å². The van der Waals surface area contributed by atoms with Crippen LogP contribution >= 0.6 is 7.82 Å². The first kappa shape index (κ1) is 37.7. The van der Waals surface area contributed by atoms with Gasteiger partial charge in [-0.15, -0.1) is 0 Å². The molecule has 0 aliphatic carbocycles. The van der Waals surface area contributed by atoms with Crippen LogP contribution in [-0.4, -0.2) is 65.7 Å². The first-order chi connectivity index (χ1) is 19.3. The Morgan fingerprint density at radius 1 is 0.700 bits per heavy atom. The molecule has 10 nitrogen and oxygen atoms in total. The average Bonchev–Trinajstić information content (AvgIpc) is 2.94. The van der Waals surface area contributed by atoms with E-state index in [0.29, 0.717) is 12.8 Å². The number of hydrogen-bond acceptors (Lipinski definition) is 9. The van der Waals surface area contributed by atoms with Crippen molar-refractivity contribution in [3.05, 3.63) is 60.8 Å². The van der Waals surface area contributed by atoms with Gasteiger partial charge >= 0.3 is 19.8 Å². The quantitative estimate of drug-likeness (QED) is 0.0777. The van der Waals surface area contributed by atoms with Crippen molar-refractivity contribution in [3.63, 3.8) is 0 Å². The van der Waals surface area contributed by atoms with Gasteiger partial charge in [0.15, 0.2) is 0 Å².